The summed E-state index contributed by atoms with van der Waals surface area (Å²) in [5.74, 6) is 0.789. The first-order valence-corrected chi connectivity index (χ1v) is 21.7. The Morgan fingerprint density at radius 3 is 1.53 bits per heavy atom. The molecule has 2 N–H and O–H groups in total. The standard InChI is InChI=1S/C41H81N3O2S/c1-6-8-10-12-14-15-16-17-18-19-20-21-22-23-28-32-36-41(43-47(45,46)42-38-39-44(4)5)37-33-29-25-24-27-31-35-40(3)34-30-26-13-11-9-7-2/h14-15,17-18,26,30,40-43H,6-13,16,19-25,27-29,31-39H2,1-5H3/b15-14-,18-17-,30-26-. The largest absolute Gasteiger partial charge is 0.308 e. The molecule has 0 heterocycles. The summed E-state index contributed by atoms with van der Waals surface area (Å²) in [4.78, 5) is 2.00. The molecule has 0 amide bonds. The summed E-state index contributed by atoms with van der Waals surface area (Å²) in [5, 5.41) is 0. The van der Waals surface area contributed by atoms with Crippen molar-refractivity contribution >= 4 is 10.2 Å². The van der Waals surface area contributed by atoms with Crippen molar-refractivity contribution in [2.45, 2.75) is 194 Å². The molecule has 0 saturated heterocycles. The molecule has 0 fully saturated rings. The van der Waals surface area contributed by atoms with Gasteiger partial charge in [-0.2, -0.15) is 13.1 Å². The number of likely N-dealkylation sites (N-methyl/N-ethyl adjacent to an activating group) is 1. The first kappa shape index (κ1) is 46.0. The van der Waals surface area contributed by atoms with E-state index in [0.29, 0.717) is 13.1 Å². The molecule has 0 bridgehead atoms. The van der Waals surface area contributed by atoms with Crippen LogP contribution < -0.4 is 9.44 Å². The Labute approximate surface area is 295 Å². The van der Waals surface area contributed by atoms with Crippen molar-refractivity contribution in [2.75, 3.05) is 27.2 Å². The number of nitrogens with one attached hydrogen (secondary N) is 2. The summed E-state index contributed by atoms with van der Waals surface area (Å²) in [5.41, 5.74) is 0. The van der Waals surface area contributed by atoms with Crippen molar-refractivity contribution in [1.29, 1.82) is 0 Å². The monoisotopic (exact) mass is 680 g/mol. The van der Waals surface area contributed by atoms with Crippen molar-refractivity contribution in [3.63, 3.8) is 0 Å². The lowest BCUT2D eigenvalue weighted by Crippen LogP contribution is -2.44. The van der Waals surface area contributed by atoms with E-state index >= 15 is 0 Å². The van der Waals surface area contributed by atoms with E-state index in [2.05, 4.69) is 66.7 Å². The predicted molar refractivity (Wildman–Crippen MR) is 210 cm³/mol. The zero-order chi connectivity index (χ0) is 34.7. The van der Waals surface area contributed by atoms with E-state index in [0.717, 1.165) is 38.0 Å². The Balaban J connectivity index is 4.19. The summed E-state index contributed by atoms with van der Waals surface area (Å²) >= 11 is 0. The number of allylic oxidation sites excluding steroid dienone is 6. The molecule has 0 rings (SSSR count). The van der Waals surface area contributed by atoms with E-state index in [4.69, 9.17) is 0 Å². The van der Waals surface area contributed by atoms with E-state index in [9.17, 15) is 8.42 Å². The minimum absolute atomic E-state index is 0.0357. The van der Waals surface area contributed by atoms with Crippen molar-refractivity contribution < 1.29 is 8.42 Å². The number of hydrogen-bond acceptors (Lipinski definition) is 3. The third kappa shape index (κ3) is 36.2. The third-order valence-electron chi connectivity index (χ3n) is 9.11. The van der Waals surface area contributed by atoms with Crippen molar-refractivity contribution in [1.82, 2.24) is 14.3 Å². The summed E-state index contributed by atoms with van der Waals surface area (Å²) in [6, 6.07) is 0.0357. The molecular weight excluding hydrogens is 599 g/mol. The Kier molecular flexibility index (Phi) is 34.2. The van der Waals surface area contributed by atoms with Crippen LogP contribution in [0.25, 0.3) is 0 Å². The van der Waals surface area contributed by atoms with Crippen LogP contribution in [0.5, 0.6) is 0 Å². The van der Waals surface area contributed by atoms with E-state index in [1.165, 1.54) is 135 Å². The van der Waals surface area contributed by atoms with Crippen LogP contribution in [-0.2, 0) is 10.2 Å². The number of unbranched alkanes of at least 4 members (excludes halogenated alkanes) is 17. The third-order valence-corrected chi connectivity index (χ3v) is 10.3. The Morgan fingerprint density at radius 2 is 1.02 bits per heavy atom. The molecule has 0 aliphatic heterocycles. The van der Waals surface area contributed by atoms with Gasteiger partial charge in [0.15, 0.2) is 0 Å². The molecule has 6 heteroatoms. The molecule has 47 heavy (non-hydrogen) atoms. The molecule has 0 aromatic rings. The maximum absolute atomic E-state index is 12.7. The highest BCUT2D eigenvalue weighted by Gasteiger charge is 2.17. The van der Waals surface area contributed by atoms with Crippen molar-refractivity contribution in [3.05, 3.63) is 36.5 Å². The lowest BCUT2D eigenvalue weighted by molar-refractivity contribution is 0.409. The Morgan fingerprint density at radius 1 is 0.574 bits per heavy atom. The van der Waals surface area contributed by atoms with Crippen LogP contribution >= 0.6 is 0 Å². The van der Waals surface area contributed by atoms with Crippen molar-refractivity contribution in [3.8, 4) is 0 Å². The van der Waals surface area contributed by atoms with Gasteiger partial charge in [0.25, 0.3) is 10.2 Å². The zero-order valence-electron chi connectivity index (χ0n) is 32.1. The first-order chi connectivity index (χ1) is 22.8. The molecule has 0 aliphatic rings. The van der Waals surface area contributed by atoms with Gasteiger partial charge in [0.2, 0.25) is 0 Å². The first-order valence-electron chi connectivity index (χ1n) is 20.2. The SMILES string of the molecule is CCCCC/C=C\C/C=C\CCCCCCCCC(CCCCCCCCC(C)C/C=C\CCCCC)NS(=O)(=O)NCCN(C)C. The van der Waals surface area contributed by atoms with Gasteiger partial charge < -0.3 is 4.90 Å². The van der Waals surface area contributed by atoms with Crippen LogP contribution in [0.1, 0.15) is 188 Å². The quantitative estimate of drug-likeness (QED) is 0.0512. The maximum Gasteiger partial charge on any atom is 0.277 e. The van der Waals surface area contributed by atoms with Crippen LogP contribution in [0.2, 0.25) is 0 Å². The highest BCUT2D eigenvalue weighted by Crippen LogP contribution is 2.18. The summed E-state index contributed by atoms with van der Waals surface area (Å²) in [6.45, 7) is 8.05. The van der Waals surface area contributed by atoms with Crippen molar-refractivity contribution in [2.24, 2.45) is 5.92 Å². The minimum atomic E-state index is -3.47. The van der Waals surface area contributed by atoms with Gasteiger partial charge in [-0.3, -0.25) is 0 Å². The molecule has 278 valence electrons. The molecule has 0 aliphatic carbocycles. The van der Waals surface area contributed by atoms with Gasteiger partial charge in [-0.15, -0.1) is 0 Å². The minimum Gasteiger partial charge on any atom is -0.308 e. The normalized spacial score (nSPS) is 14.0. The van der Waals surface area contributed by atoms with Gasteiger partial charge in [-0.05, 0) is 84.2 Å². The fourth-order valence-corrected chi connectivity index (χ4v) is 7.09. The molecule has 0 aromatic heterocycles. The molecule has 0 saturated carbocycles. The lowest BCUT2D eigenvalue weighted by atomic mass is 9.98. The van der Waals surface area contributed by atoms with E-state index in [1.807, 2.05) is 19.0 Å². The van der Waals surface area contributed by atoms with Gasteiger partial charge in [0, 0.05) is 19.1 Å². The molecule has 2 atom stereocenters. The molecule has 2 unspecified atom stereocenters. The van der Waals surface area contributed by atoms with E-state index in [1.54, 1.807) is 0 Å². The highest BCUT2D eigenvalue weighted by molar-refractivity contribution is 7.87. The lowest BCUT2D eigenvalue weighted by Gasteiger charge is -2.20. The molecule has 0 spiro atoms. The summed E-state index contributed by atoms with van der Waals surface area (Å²) < 4.78 is 31.2. The smallest absolute Gasteiger partial charge is 0.277 e. The van der Waals surface area contributed by atoms with Gasteiger partial charge in [-0.25, -0.2) is 4.72 Å². The van der Waals surface area contributed by atoms with Gasteiger partial charge in [0.05, 0.1) is 0 Å². The number of rotatable bonds is 36. The molecule has 0 radical (unpaired) electrons. The maximum atomic E-state index is 12.7. The number of nitrogens with zero attached hydrogens (tertiary/aromatic N) is 1. The second kappa shape index (κ2) is 34.9. The van der Waals surface area contributed by atoms with Crippen LogP contribution in [0, 0.1) is 5.92 Å². The average molecular weight is 680 g/mol. The second-order valence-electron chi connectivity index (χ2n) is 14.4. The van der Waals surface area contributed by atoms with Gasteiger partial charge in [-0.1, -0.05) is 160 Å². The fraction of sp³-hybridized carbons (Fsp3) is 0.854. The van der Waals surface area contributed by atoms with Crippen LogP contribution in [0.4, 0.5) is 0 Å². The summed E-state index contributed by atoms with van der Waals surface area (Å²) in [7, 11) is 0.459. The van der Waals surface area contributed by atoms with Crippen LogP contribution in [0.15, 0.2) is 36.5 Å². The predicted octanol–water partition coefficient (Wildman–Crippen LogP) is 11.8. The second-order valence-corrected chi connectivity index (χ2v) is 15.9. The van der Waals surface area contributed by atoms with Gasteiger partial charge in [0.1, 0.15) is 0 Å². The highest BCUT2D eigenvalue weighted by atomic mass is 32.2. The molecule has 5 nitrogen and oxygen atoms in total. The average Bonchev–Trinajstić information content (AvgIpc) is 3.03. The molecular formula is C41H81N3O2S. The van der Waals surface area contributed by atoms with E-state index in [-0.39, 0.29) is 6.04 Å². The topological polar surface area (TPSA) is 61.4 Å². The molecule has 0 aromatic carbocycles. The van der Waals surface area contributed by atoms with Crippen LogP contribution in [-0.4, -0.2) is 46.5 Å². The van der Waals surface area contributed by atoms with E-state index < -0.39 is 10.2 Å². The number of hydrogen-bond donors (Lipinski definition) is 2. The Hall–Kier alpha value is -0.950. The van der Waals surface area contributed by atoms with Gasteiger partial charge >= 0.3 is 0 Å². The zero-order valence-corrected chi connectivity index (χ0v) is 32.9. The van der Waals surface area contributed by atoms with Crippen LogP contribution in [0.3, 0.4) is 0 Å². The Bertz CT molecular complexity index is 838. The summed E-state index contributed by atoms with van der Waals surface area (Å²) in [6.07, 6.45) is 46.1. The fourth-order valence-electron chi connectivity index (χ4n) is 5.97.